The van der Waals surface area contributed by atoms with Crippen molar-refractivity contribution in [1.29, 1.82) is 0 Å². The van der Waals surface area contributed by atoms with E-state index in [4.69, 9.17) is 9.79 Å². The van der Waals surface area contributed by atoms with Gasteiger partial charge in [-0.1, -0.05) is 17.7 Å². The Morgan fingerprint density at radius 2 is 1.71 bits per heavy atom. The molecule has 0 aliphatic carbocycles. The monoisotopic (exact) mass is 254 g/mol. The van der Waals surface area contributed by atoms with Crippen LogP contribution in [-0.4, -0.2) is 15.8 Å². The first-order chi connectivity index (χ1) is 7.20. The van der Waals surface area contributed by atoms with Crippen molar-refractivity contribution >= 4 is 13.8 Å². The molecular formula is C10H16LiO5P+2. The molecule has 0 aliphatic rings. The first kappa shape index (κ1) is 16.4. The van der Waals surface area contributed by atoms with Crippen molar-refractivity contribution in [2.75, 3.05) is 0 Å². The Labute approximate surface area is 116 Å². The van der Waals surface area contributed by atoms with E-state index in [9.17, 15) is 9.36 Å². The van der Waals surface area contributed by atoms with Crippen LogP contribution in [0.25, 0.3) is 0 Å². The Morgan fingerprint density at radius 3 is 2.06 bits per heavy atom. The molecule has 0 atom stereocenters. The van der Waals surface area contributed by atoms with E-state index in [1.54, 1.807) is 26.0 Å². The van der Waals surface area contributed by atoms with Gasteiger partial charge in [0.2, 0.25) is 0 Å². The number of benzene rings is 1. The van der Waals surface area contributed by atoms with Crippen molar-refractivity contribution in [3.05, 3.63) is 34.4 Å². The summed E-state index contributed by atoms with van der Waals surface area (Å²) in [4.78, 5) is 28.6. The standard InChI is InChI=1S/C10H13O5P.Li.H/c1-6-4-7(2)9(8(3)5-6)10(11)15-16(12,13)14;;/h4-5H,1-3H3,(H2,12,13,14);;/q;+1;-1/p+2. The molecule has 90 valence electrons. The minimum absolute atomic E-state index is 0. The molecule has 0 saturated carbocycles. The van der Waals surface area contributed by atoms with Gasteiger partial charge >= 0.3 is 35.5 Å². The van der Waals surface area contributed by atoms with Gasteiger partial charge in [-0.15, -0.1) is 0 Å². The average molecular weight is 254 g/mol. The fourth-order valence-corrected chi connectivity index (χ4v) is 1.96. The summed E-state index contributed by atoms with van der Waals surface area (Å²) < 4.78 is 14.6. The molecule has 0 heterocycles. The summed E-state index contributed by atoms with van der Waals surface area (Å²) in [6, 6.07) is 3.51. The summed E-state index contributed by atoms with van der Waals surface area (Å²) in [5.41, 5.74) is 2.45. The predicted molar refractivity (Wildman–Crippen MR) is 61.4 cm³/mol. The topological polar surface area (TPSA) is 83.8 Å². The van der Waals surface area contributed by atoms with Crippen molar-refractivity contribution in [3.8, 4) is 0 Å². The number of hydrogen-bond donors (Lipinski definition) is 2. The second-order valence-corrected chi connectivity index (χ2v) is 4.81. The summed E-state index contributed by atoms with van der Waals surface area (Å²) in [7, 11) is -4.79. The zero-order valence-corrected chi connectivity index (χ0v) is 11.1. The smallest absolute Gasteiger partial charge is 1.00 e. The molecule has 1 aromatic carbocycles. The fourth-order valence-electron chi connectivity index (χ4n) is 1.66. The molecule has 7 heteroatoms. The van der Waals surface area contributed by atoms with Crippen LogP contribution in [0.3, 0.4) is 0 Å². The molecule has 5 nitrogen and oxygen atoms in total. The van der Waals surface area contributed by atoms with E-state index in [2.05, 4.69) is 4.52 Å². The third-order valence-electron chi connectivity index (χ3n) is 2.08. The summed E-state index contributed by atoms with van der Waals surface area (Å²) >= 11 is 0. The molecule has 0 radical (unpaired) electrons. The second kappa shape index (κ2) is 5.86. The summed E-state index contributed by atoms with van der Waals surface area (Å²) in [6.45, 7) is 5.25. The van der Waals surface area contributed by atoms with Crippen LogP contribution in [-0.2, 0) is 9.09 Å². The molecule has 2 N–H and O–H groups in total. The number of rotatable bonds is 2. The van der Waals surface area contributed by atoms with Gasteiger partial charge in [0.15, 0.2) is 0 Å². The molecule has 0 aliphatic heterocycles. The molecule has 0 bridgehead atoms. The maximum atomic E-state index is 11.5. The third-order valence-corrected chi connectivity index (χ3v) is 2.49. The van der Waals surface area contributed by atoms with Crippen LogP contribution in [0.4, 0.5) is 0 Å². The van der Waals surface area contributed by atoms with E-state index in [1.807, 2.05) is 6.92 Å². The van der Waals surface area contributed by atoms with Gasteiger partial charge in [-0.3, -0.25) is 9.79 Å². The zero-order valence-electron chi connectivity index (χ0n) is 13.2. The van der Waals surface area contributed by atoms with Crippen LogP contribution in [0.1, 0.15) is 31.3 Å². The molecule has 0 spiro atoms. The van der Waals surface area contributed by atoms with Crippen molar-refractivity contribution in [2.45, 2.75) is 20.8 Å². The average Bonchev–Trinajstić information content (AvgIpc) is 1.96. The largest absolute Gasteiger partial charge is 1.00 e. The molecule has 0 fully saturated rings. The summed E-state index contributed by atoms with van der Waals surface area (Å²) in [5.74, 6) is -0.997. The maximum absolute atomic E-state index is 11.5. The Morgan fingerprint density at radius 1 is 1.29 bits per heavy atom. The van der Waals surface area contributed by atoms with Gasteiger partial charge in [0.1, 0.15) is 0 Å². The summed E-state index contributed by atoms with van der Waals surface area (Å²) in [6.07, 6.45) is 0. The number of carbonyl (C=O) groups is 1. The Kier molecular flexibility index (Phi) is 5.66. The SMILES string of the molecule is Cc1cc(C)c(C(=O)OP(=O)(O)O)c(C)c1.[H+].[H+].[H-].[Li+]. The predicted octanol–water partition coefficient (Wildman–Crippen LogP) is -0.797. The van der Waals surface area contributed by atoms with Gasteiger partial charge in [-0.25, -0.2) is 9.36 Å². The Bertz CT molecular complexity index is 469. The first-order valence-corrected chi connectivity index (χ1v) is 6.11. The minimum atomic E-state index is -4.79. The van der Waals surface area contributed by atoms with Crippen LogP contribution < -0.4 is 18.9 Å². The van der Waals surface area contributed by atoms with E-state index in [1.165, 1.54) is 0 Å². The van der Waals surface area contributed by atoms with Crippen LogP contribution in [0.2, 0.25) is 0 Å². The van der Waals surface area contributed by atoms with E-state index < -0.39 is 13.8 Å². The molecule has 0 saturated heterocycles. The van der Waals surface area contributed by atoms with E-state index in [-0.39, 0.29) is 28.7 Å². The van der Waals surface area contributed by atoms with Crippen molar-refractivity contribution in [3.63, 3.8) is 0 Å². The zero-order chi connectivity index (χ0) is 12.5. The van der Waals surface area contributed by atoms with Crippen molar-refractivity contribution in [1.82, 2.24) is 0 Å². The third kappa shape index (κ3) is 4.67. The van der Waals surface area contributed by atoms with Crippen molar-refractivity contribution < 1.29 is 46.8 Å². The minimum Gasteiger partial charge on any atom is -1.00 e. The maximum Gasteiger partial charge on any atom is 1.00 e. The van der Waals surface area contributed by atoms with Gasteiger partial charge < -0.3 is 5.95 Å². The van der Waals surface area contributed by atoms with Crippen LogP contribution >= 0.6 is 7.82 Å². The van der Waals surface area contributed by atoms with Crippen LogP contribution in [0.5, 0.6) is 0 Å². The Hall–Kier alpha value is -0.563. The molecule has 0 aromatic heterocycles. The van der Waals surface area contributed by atoms with Gasteiger partial charge in [0.05, 0.1) is 5.56 Å². The second-order valence-electron chi connectivity index (χ2n) is 3.64. The molecular weight excluding hydrogens is 238 g/mol. The van der Waals surface area contributed by atoms with E-state index in [0.29, 0.717) is 11.1 Å². The number of carbonyl (C=O) groups excluding carboxylic acids is 1. The Balaban J connectivity index is -0.000000320. The fraction of sp³-hybridized carbons (Fsp3) is 0.300. The number of hydrogen-bond acceptors (Lipinski definition) is 3. The van der Waals surface area contributed by atoms with E-state index in [0.717, 1.165) is 5.56 Å². The molecule has 1 aromatic rings. The van der Waals surface area contributed by atoms with Crippen LogP contribution in [0, 0.1) is 20.8 Å². The van der Waals surface area contributed by atoms with Gasteiger partial charge in [0, 0.05) is 0 Å². The van der Waals surface area contributed by atoms with Crippen LogP contribution in [0.15, 0.2) is 12.1 Å². The summed E-state index contributed by atoms with van der Waals surface area (Å²) in [5, 5.41) is 0. The van der Waals surface area contributed by atoms with E-state index >= 15 is 0 Å². The van der Waals surface area contributed by atoms with Gasteiger partial charge in [0.25, 0.3) is 0 Å². The quantitative estimate of drug-likeness (QED) is 0.533. The van der Waals surface area contributed by atoms with Gasteiger partial charge in [-0.2, -0.15) is 0 Å². The van der Waals surface area contributed by atoms with Crippen molar-refractivity contribution in [2.24, 2.45) is 0 Å². The molecule has 17 heavy (non-hydrogen) atoms. The molecule has 1 rings (SSSR count). The number of aryl methyl sites for hydroxylation is 3. The number of phosphoric acid groups is 1. The normalized spacial score (nSPS) is 10.6. The molecule has 0 amide bonds. The number of phosphoric ester groups is 1. The van der Waals surface area contributed by atoms with Gasteiger partial charge in [-0.05, 0) is 31.9 Å². The molecule has 0 unspecified atom stereocenters. The first-order valence-electron chi connectivity index (χ1n) is 4.58.